The van der Waals surface area contributed by atoms with Crippen LogP contribution in [0.5, 0.6) is 0 Å². The average Bonchev–Trinajstić information content (AvgIpc) is 2.96. The van der Waals surface area contributed by atoms with E-state index in [1.54, 1.807) is 12.1 Å². The van der Waals surface area contributed by atoms with Crippen LogP contribution in [0.4, 0.5) is 0 Å². The van der Waals surface area contributed by atoms with E-state index in [-0.39, 0.29) is 17.5 Å². The Morgan fingerprint density at radius 3 is 1.58 bits per heavy atom. The van der Waals surface area contributed by atoms with Gasteiger partial charge in [-0.3, -0.25) is 33.7 Å². The number of amides is 2. The summed E-state index contributed by atoms with van der Waals surface area (Å²) in [6.45, 7) is 4.42. The van der Waals surface area contributed by atoms with Gasteiger partial charge in [-0.2, -0.15) is 0 Å². The Morgan fingerprint density at radius 2 is 1.12 bits per heavy atom. The van der Waals surface area contributed by atoms with Crippen LogP contribution in [0.2, 0.25) is 0 Å². The van der Waals surface area contributed by atoms with E-state index >= 15 is 0 Å². The predicted molar refractivity (Wildman–Crippen MR) is 108 cm³/mol. The number of fused-ring (bicyclic) bond motifs is 1. The molecule has 1 aromatic carbocycles. The van der Waals surface area contributed by atoms with Crippen molar-refractivity contribution in [1.29, 1.82) is 0 Å². The van der Waals surface area contributed by atoms with Gasteiger partial charge in [0.1, 0.15) is 6.10 Å². The summed E-state index contributed by atoms with van der Waals surface area (Å²) in [5, 5.41) is 0. The summed E-state index contributed by atoms with van der Waals surface area (Å²) in [5.41, 5.74) is 0.304. The van der Waals surface area contributed by atoms with E-state index in [9.17, 15) is 28.8 Å². The van der Waals surface area contributed by atoms with Crippen molar-refractivity contribution in [3.63, 3.8) is 0 Å². The SMILES string of the molecule is CC(=O)O[C@H]1[C@@H](OC(C)=O)[C@H](N2C(=O)c3ccccc3C2=O)C[C@@H](OC(C)=O)[C@@H]1OC(C)=O. The van der Waals surface area contributed by atoms with Crippen molar-refractivity contribution >= 4 is 35.7 Å². The lowest BCUT2D eigenvalue weighted by Crippen LogP contribution is -2.65. The molecule has 0 unspecified atom stereocenters. The molecule has 1 aliphatic heterocycles. The van der Waals surface area contributed by atoms with Crippen molar-refractivity contribution in [2.45, 2.75) is 64.6 Å². The summed E-state index contributed by atoms with van der Waals surface area (Å²) in [6.07, 6.45) is -5.60. The fraction of sp³-hybridized carbons (Fsp3) is 0.455. The molecule has 1 heterocycles. The van der Waals surface area contributed by atoms with Crippen LogP contribution in [0, 0.1) is 0 Å². The molecule has 33 heavy (non-hydrogen) atoms. The minimum Gasteiger partial charge on any atom is -0.458 e. The smallest absolute Gasteiger partial charge is 0.303 e. The third-order valence-electron chi connectivity index (χ3n) is 5.25. The lowest BCUT2D eigenvalue weighted by molar-refractivity contribution is -0.216. The zero-order valence-corrected chi connectivity index (χ0v) is 18.4. The molecule has 11 heteroatoms. The number of imide groups is 1. The van der Waals surface area contributed by atoms with Gasteiger partial charge in [-0.15, -0.1) is 0 Å². The predicted octanol–water partition coefficient (Wildman–Crippen LogP) is 0.782. The minimum absolute atomic E-state index is 0.152. The molecular formula is C22H23NO10. The Labute approximate surface area is 188 Å². The fourth-order valence-electron chi connectivity index (χ4n) is 4.21. The highest BCUT2D eigenvalue weighted by Crippen LogP contribution is 2.36. The number of ether oxygens (including phenoxy) is 4. The maximum absolute atomic E-state index is 13.1. The number of carbonyl (C=O) groups excluding carboxylic acids is 6. The summed E-state index contributed by atoms with van der Waals surface area (Å²) in [6, 6.07) is 4.97. The molecule has 0 bridgehead atoms. The van der Waals surface area contributed by atoms with Crippen molar-refractivity contribution in [2.75, 3.05) is 0 Å². The van der Waals surface area contributed by atoms with E-state index in [2.05, 4.69) is 0 Å². The molecule has 0 saturated heterocycles. The monoisotopic (exact) mass is 461 g/mol. The number of esters is 4. The first-order valence-corrected chi connectivity index (χ1v) is 10.2. The topological polar surface area (TPSA) is 143 Å². The summed E-state index contributed by atoms with van der Waals surface area (Å²) < 4.78 is 21.3. The van der Waals surface area contributed by atoms with Gasteiger partial charge >= 0.3 is 23.9 Å². The molecule has 1 fully saturated rings. The second-order valence-electron chi connectivity index (χ2n) is 7.70. The van der Waals surface area contributed by atoms with Crippen LogP contribution >= 0.6 is 0 Å². The summed E-state index contributed by atoms with van der Waals surface area (Å²) in [4.78, 5) is 74.5. The van der Waals surface area contributed by atoms with Crippen LogP contribution in [0.25, 0.3) is 0 Å². The first-order valence-electron chi connectivity index (χ1n) is 10.2. The molecule has 176 valence electrons. The second-order valence-corrected chi connectivity index (χ2v) is 7.70. The normalized spacial score (nSPS) is 26.3. The highest BCUT2D eigenvalue weighted by molar-refractivity contribution is 6.21. The van der Waals surface area contributed by atoms with Gasteiger partial charge in [0.25, 0.3) is 11.8 Å². The molecule has 11 nitrogen and oxygen atoms in total. The van der Waals surface area contributed by atoms with Gasteiger partial charge in [-0.05, 0) is 12.1 Å². The van der Waals surface area contributed by atoms with Crippen LogP contribution in [-0.4, -0.2) is 71.0 Å². The third-order valence-corrected chi connectivity index (χ3v) is 5.25. The molecule has 0 radical (unpaired) electrons. The summed E-state index contributed by atoms with van der Waals surface area (Å²) >= 11 is 0. The Balaban J connectivity index is 2.10. The van der Waals surface area contributed by atoms with Gasteiger partial charge in [0.2, 0.25) is 0 Å². The first-order chi connectivity index (χ1) is 15.5. The maximum atomic E-state index is 13.1. The van der Waals surface area contributed by atoms with Gasteiger partial charge in [0.05, 0.1) is 17.2 Å². The van der Waals surface area contributed by atoms with E-state index in [0.29, 0.717) is 0 Å². The molecule has 1 aromatic rings. The van der Waals surface area contributed by atoms with Crippen molar-refractivity contribution in [3.8, 4) is 0 Å². The van der Waals surface area contributed by atoms with Crippen LogP contribution in [0.3, 0.4) is 0 Å². The van der Waals surface area contributed by atoms with Gasteiger partial charge in [-0.25, -0.2) is 0 Å². The molecule has 0 spiro atoms. The van der Waals surface area contributed by atoms with Crippen LogP contribution in [-0.2, 0) is 38.1 Å². The maximum Gasteiger partial charge on any atom is 0.303 e. The van der Waals surface area contributed by atoms with Crippen molar-refractivity contribution in [2.24, 2.45) is 0 Å². The Bertz CT molecular complexity index is 983. The first kappa shape index (κ1) is 23.9. The number of rotatable bonds is 5. The van der Waals surface area contributed by atoms with E-state index in [0.717, 1.165) is 32.6 Å². The van der Waals surface area contributed by atoms with Crippen LogP contribution in [0.1, 0.15) is 54.8 Å². The van der Waals surface area contributed by atoms with Crippen molar-refractivity contribution in [3.05, 3.63) is 35.4 Å². The van der Waals surface area contributed by atoms with Gasteiger partial charge < -0.3 is 18.9 Å². The summed E-state index contributed by atoms with van der Waals surface area (Å²) in [5.74, 6) is -4.38. The van der Waals surface area contributed by atoms with E-state index in [1.807, 2.05) is 0 Å². The highest BCUT2D eigenvalue weighted by Gasteiger charge is 2.57. The third kappa shape index (κ3) is 4.86. The molecule has 1 saturated carbocycles. The highest BCUT2D eigenvalue weighted by atomic mass is 16.6. The number of nitrogens with zero attached hydrogens (tertiary/aromatic N) is 1. The largest absolute Gasteiger partial charge is 0.458 e. The summed E-state index contributed by atoms with van der Waals surface area (Å²) in [7, 11) is 0. The molecule has 3 rings (SSSR count). The fourth-order valence-corrected chi connectivity index (χ4v) is 4.21. The molecule has 1 aliphatic carbocycles. The van der Waals surface area contributed by atoms with Crippen molar-refractivity contribution < 1.29 is 47.7 Å². The van der Waals surface area contributed by atoms with Gasteiger partial charge in [-0.1, -0.05) is 12.1 Å². The molecule has 5 atom stereocenters. The van der Waals surface area contributed by atoms with Crippen molar-refractivity contribution in [1.82, 2.24) is 4.90 Å². The lowest BCUT2D eigenvalue weighted by atomic mass is 9.83. The Kier molecular flexibility index (Phi) is 6.80. The standard InChI is InChI=1S/C22H23NO10/c1-10(24)30-17-9-16(23-21(28)14-7-5-6-8-15(14)22(23)29)18(31-11(2)25)20(33-13(4)27)19(17)32-12(3)26/h5-8,16-20H,9H2,1-4H3/t16-,17-,18+,19+,20+/m1/s1. The van der Waals surface area contributed by atoms with E-state index in [4.69, 9.17) is 18.9 Å². The Morgan fingerprint density at radius 1 is 0.697 bits per heavy atom. The number of benzene rings is 1. The molecule has 0 aromatic heterocycles. The zero-order chi connectivity index (χ0) is 24.4. The number of carbonyl (C=O) groups is 6. The van der Waals surface area contributed by atoms with Gasteiger partial charge in [0.15, 0.2) is 18.3 Å². The molecule has 0 N–H and O–H groups in total. The zero-order valence-electron chi connectivity index (χ0n) is 18.4. The molecule has 2 aliphatic rings. The molecular weight excluding hydrogens is 438 g/mol. The lowest BCUT2D eigenvalue weighted by Gasteiger charge is -2.46. The minimum atomic E-state index is -1.46. The number of hydrogen-bond acceptors (Lipinski definition) is 10. The Hall–Kier alpha value is -3.76. The van der Waals surface area contributed by atoms with Crippen LogP contribution in [0.15, 0.2) is 24.3 Å². The van der Waals surface area contributed by atoms with Crippen LogP contribution < -0.4 is 0 Å². The van der Waals surface area contributed by atoms with E-state index < -0.39 is 66.1 Å². The van der Waals surface area contributed by atoms with E-state index in [1.165, 1.54) is 12.1 Å². The number of hydrogen-bond donors (Lipinski definition) is 0. The van der Waals surface area contributed by atoms with Gasteiger partial charge in [0, 0.05) is 34.1 Å². The second kappa shape index (κ2) is 9.39. The average molecular weight is 461 g/mol. The molecule has 2 amide bonds. The quantitative estimate of drug-likeness (QED) is 0.351.